The summed E-state index contributed by atoms with van der Waals surface area (Å²) >= 11 is 0. The summed E-state index contributed by atoms with van der Waals surface area (Å²) in [5, 5.41) is 0. The van der Waals surface area contributed by atoms with Crippen LogP contribution in [0.15, 0.2) is 0 Å². The third kappa shape index (κ3) is 23.8. The van der Waals surface area contributed by atoms with Gasteiger partial charge in [-0.3, -0.25) is 0 Å². The normalized spacial score (nSPS) is 12.0. The Hall–Kier alpha value is -0.440. The molecule has 0 aliphatic heterocycles. The average molecular weight is 417 g/mol. The van der Waals surface area contributed by atoms with E-state index in [4.69, 9.17) is 0 Å². The van der Waals surface area contributed by atoms with Crippen LogP contribution >= 0.6 is 0 Å². The van der Waals surface area contributed by atoms with E-state index in [2.05, 4.69) is 32.6 Å². The van der Waals surface area contributed by atoms with E-state index < -0.39 is 0 Å². The van der Waals surface area contributed by atoms with Gasteiger partial charge in [-0.15, -0.1) is 11.8 Å². The molecule has 1 atom stereocenters. The van der Waals surface area contributed by atoms with Crippen LogP contribution in [0.1, 0.15) is 161 Å². The monoisotopic (exact) mass is 416 g/mol. The Balaban J connectivity index is 3.27. The van der Waals surface area contributed by atoms with Crippen LogP contribution in [-0.2, 0) is 0 Å². The van der Waals surface area contributed by atoms with Crippen molar-refractivity contribution in [1.82, 2.24) is 0 Å². The van der Waals surface area contributed by atoms with Crippen LogP contribution in [0.4, 0.5) is 0 Å². The van der Waals surface area contributed by atoms with Crippen molar-refractivity contribution in [1.29, 1.82) is 0 Å². The molecule has 0 rings (SSSR count). The molecular formula is C30H56. The highest BCUT2D eigenvalue weighted by molar-refractivity contribution is 4.98. The molecule has 0 N–H and O–H groups in total. The molecule has 1 unspecified atom stereocenters. The minimum Gasteiger partial charge on any atom is -0.103 e. The molecule has 0 aromatic carbocycles. The van der Waals surface area contributed by atoms with Gasteiger partial charge in [-0.1, -0.05) is 143 Å². The lowest BCUT2D eigenvalue weighted by Crippen LogP contribution is -1.98. The second-order valence-electron chi connectivity index (χ2n) is 9.42. The van der Waals surface area contributed by atoms with Gasteiger partial charge in [0.2, 0.25) is 0 Å². The van der Waals surface area contributed by atoms with Gasteiger partial charge in [0.25, 0.3) is 0 Å². The van der Waals surface area contributed by atoms with Crippen LogP contribution < -0.4 is 0 Å². The topological polar surface area (TPSA) is 0 Å². The van der Waals surface area contributed by atoms with E-state index in [1.165, 1.54) is 128 Å². The van der Waals surface area contributed by atoms with E-state index >= 15 is 0 Å². The summed E-state index contributed by atoms with van der Waals surface area (Å²) in [6.07, 6.45) is 32.4. The zero-order valence-electron chi connectivity index (χ0n) is 21.0. The van der Waals surface area contributed by atoms with E-state index in [0.29, 0.717) is 0 Å². The van der Waals surface area contributed by atoms with Gasteiger partial charge in [0.05, 0.1) is 0 Å². The van der Waals surface area contributed by atoms with Crippen molar-refractivity contribution in [2.75, 3.05) is 0 Å². The fourth-order valence-electron chi connectivity index (χ4n) is 4.33. The molecule has 0 aliphatic rings. The van der Waals surface area contributed by atoms with Crippen LogP contribution in [0.3, 0.4) is 0 Å². The molecule has 176 valence electrons. The van der Waals surface area contributed by atoms with Crippen LogP contribution in [0, 0.1) is 31.6 Å². The van der Waals surface area contributed by atoms with Gasteiger partial charge in [0, 0.05) is 12.8 Å². The lowest BCUT2D eigenvalue weighted by Gasteiger charge is -2.13. The Kier molecular flexibility index (Phi) is 26.2. The summed E-state index contributed by atoms with van der Waals surface area (Å²) in [5.74, 6) is 7.78. The van der Waals surface area contributed by atoms with Crippen LogP contribution in [0.2, 0.25) is 0 Å². The van der Waals surface area contributed by atoms with Gasteiger partial charge in [0.1, 0.15) is 0 Å². The molecule has 0 aromatic rings. The quantitative estimate of drug-likeness (QED) is 0.115. The predicted octanol–water partition coefficient (Wildman–Crippen LogP) is 10.7. The first-order valence-electron chi connectivity index (χ1n) is 13.9. The van der Waals surface area contributed by atoms with Crippen molar-refractivity contribution >= 4 is 0 Å². The molecule has 0 amide bonds. The average Bonchev–Trinajstić information content (AvgIpc) is 2.76. The summed E-state index contributed by atoms with van der Waals surface area (Å²) in [7, 11) is 0. The van der Waals surface area contributed by atoms with Gasteiger partial charge >= 0.3 is 0 Å². The van der Waals surface area contributed by atoms with E-state index in [1.54, 1.807) is 0 Å². The number of hydrogen-bond acceptors (Lipinski definition) is 0. The highest BCUT2D eigenvalue weighted by Gasteiger charge is 2.05. The van der Waals surface area contributed by atoms with Crippen molar-refractivity contribution in [3.8, 4) is 11.8 Å². The van der Waals surface area contributed by atoms with Crippen molar-refractivity contribution in [2.45, 2.75) is 161 Å². The second kappa shape index (κ2) is 26.6. The molecule has 0 heteroatoms. The first-order chi connectivity index (χ1) is 14.8. The van der Waals surface area contributed by atoms with Crippen molar-refractivity contribution in [3.05, 3.63) is 13.8 Å². The number of unbranched alkanes of at least 4 members (excludes halogenated alkanes) is 18. The Bertz CT molecular complexity index is 358. The standard InChI is InChI=1S/C30H56/c1-4-7-9-11-12-13-14-15-16-17-18-19-20-21-22-23-24-25-27-29-30(6-3)28-26-10-8-5-2/h30H,1-2,4-22,25-29H2,3H3. The van der Waals surface area contributed by atoms with Crippen molar-refractivity contribution in [2.24, 2.45) is 5.92 Å². The molecular weight excluding hydrogens is 360 g/mol. The highest BCUT2D eigenvalue weighted by atomic mass is 14.1. The maximum absolute atomic E-state index is 3.94. The smallest absolute Gasteiger partial charge is 0.00887 e. The summed E-state index contributed by atoms with van der Waals surface area (Å²) < 4.78 is 0. The Morgan fingerprint density at radius 1 is 0.467 bits per heavy atom. The van der Waals surface area contributed by atoms with E-state index in [-0.39, 0.29) is 0 Å². The number of rotatable bonds is 23. The Labute approximate surface area is 192 Å². The molecule has 0 saturated heterocycles. The maximum Gasteiger partial charge on any atom is 0.00887 e. The van der Waals surface area contributed by atoms with Crippen molar-refractivity contribution < 1.29 is 0 Å². The predicted molar refractivity (Wildman–Crippen MR) is 138 cm³/mol. The van der Waals surface area contributed by atoms with Crippen LogP contribution in [0.5, 0.6) is 0 Å². The maximum atomic E-state index is 3.94. The third-order valence-corrected chi connectivity index (χ3v) is 6.53. The molecule has 0 spiro atoms. The number of hydrogen-bond donors (Lipinski definition) is 0. The lowest BCUT2D eigenvalue weighted by atomic mass is 9.93. The molecule has 0 heterocycles. The molecule has 0 aromatic heterocycles. The fraction of sp³-hybridized carbons (Fsp3) is 0.867. The largest absolute Gasteiger partial charge is 0.103 e. The lowest BCUT2D eigenvalue weighted by molar-refractivity contribution is 0.406. The second-order valence-corrected chi connectivity index (χ2v) is 9.42. The van der Waals surface area contributed by atoms with Gasteiger partial charge in [-0.05, 0) is 25.2 Å². The fourth-order valence-corrected chi connectivity index (χ4v) is 4.33. The van der Waals surface area contributed by atoms with Crippen molar-refractivity contribution in [3.63, 3.8) is 0 Å². The van der Waals surface area contributed by atoms with Crippen LogP contribution in [0.25, 0.3) is 0 Å². The molecule has 0 aliphatic carbocycles. The van der Waals surface area contributed by atoms with Gasteiger partial charge in [-0.2, -0.15) is 0 Å². The Morgan fingerprint density at radius 2 is 0.833 bits per heavy atom. The van der Waals surface area contributed by atoms with Crippen LogP contribution in [-0.4, -0.2) is 0 Å². The van der Waals surface area contributed by atoms with E-state index in [0.717, 1.165) is 31.6 Å². The molecule has 0 nitrogen and oxygen atoms in total. The third-order valence-electron chi connectivity index (χ3n) is 6.53. The summed E-state index contributed by atoms with van der Waals surface area (Å²) in [5.41, 5.74) is 0. The molecule has 30 heavy (non-hydrogen) atoms. The zero-order valence-corrected chi connectivity index (χ0v) is 21.0. The SMILES string of the molecule is [CH2]CCCCCCCCCCCCCCCC#CCCCC(CC)CCCCC[CH2]. The Morgan fingerprint density at radius 3 is 1.30 bits per heavy atom. The van der Waals surface area contributed by atoms with Gasteiger partial charge < -0.3 is 0 Å². The first-order valence-corrected chi connectivity index (χ1v) is 13.9. The minimum atomic E-state index is 0.931. The highest BCUT2D eigenvalue weighted by Crippen LogP contribution is 2.20. The summed E-state index contributed by atoms with van der Waals surface area (Å²) in [6.45, 7) is 10.2. The summed E-state index contributed by atoms with van der Waals surface area (Å²) in [4.78, 5) is 0. The molecule has 2 radical (unpaired) electrons. The molecule has 0 bridgehead atoms. The van der Waals surface area contributed by atoms with Gasteiger partial charge in [-0.25, -0.2) is 0 Å². The zero-order chi connectivity index (χ0) is 22.0. The minimum absolute atomic E-state index is 0.931. The van der Waals surface area contributed by atoms with E-state index in [1.807, 2.05) is 0 Å². The summed E-state index contributed by atoms with van der Waals surface area (Å²) in [6, 6.07) is 0. The molecule has 0 fully saturated rings. The van der Waals surface area contributed by atoms with Gasteiger partial charge in [0.15, 0.2) is 0 Å². The van der Waals surface area contributed by atoms with E-state index in [9.17, 15) is 0 Å². The molecule has 0 saturated carbocycles. The first kappa shape index (κ1) is 29.6.